The maximum Gasteiger partial charge on any atom is 0.349 e. The zero-order valence-electron chi connectivity index (χ0n) is 19.7. The normalized spacial score (nSPS) is 12.1. The van der Waals surface area contributed by atoms with Gasteiger partial charge in [0.15, 0.2) is 0 Å². The Kier molecular flexibility index (Phi) is 8.31. The molecule has 3 aromatic rings. The number of anilines is 1. The van der Waals surface area contributed by atoms with Crippen molar-refractivity contribution in [2.24, 2.45) is 0 Å². The van der Waals surface area contributed by atoms with E-state index in [0.717, 1.165) is 17.2 Å². The van der Waals surface area contributed by atoms with Crippen molar-refractivity contribution in [3.8, 4) is 0 Å². The largest absolute Gasteiger partial charge is 0.478 e. The second-order valence-electron chi connectivity index (χ2n) is 8.02. The third-order valence-electron chi connectivity index (χ3n) is 5.14. The zero-order valence-corrected chi connectivity index (χ0v) is 19.7. The Hall–Kier alpha value is -5.06. The average Bonchev–Trinajstić information content (AvgIpc) is 2.86. The molecule has 190 valence electrons. The number of hydrogen-bond acceptors (Lipinski definition) is 8. The number of non-ortho nitro benzene ring substituents is 1. The van der Waals surface area contributed by atoms with Crippen LogP contribution in [0.1, 0.15) is 31.8 Å². The molecular weight excluding hydrogens is 484 g/mol. The van der Waals surface area contributed by atoms with Crippen molar-refractivity contribution in [1.29, 1.82) is 0 Å². The fraction of sp³-hybridized carbons (Fsp3) is 0.154. The standard InChI is InChI=1S/C26H22N2O9/c1-15-6-10-17(11-7-15)25(32)36-21(23(29)27-19-4-3-5-20(14-19)28(34)35)22(24(30)31)37-26(33)18-12-8-16(2)9-13-18/h3-14,21-22H,1-2H3,(H,27,29)(H,30,31)/t21-,22+/m0/s1. The maximum atomic E-state index is 13.1. The molecule has 11 heteroatoms. The van der Waals surface area contributed by atoms with Crippen LogP contribution in [0.3, 0.4) is 0 Å². The highest BCUT2D eigenvalue weighted by Crippen LogP contribution is 2.20. The van der Waals surface area contributed by atoms with Crippen LogP contribution in [0.2, 0.25) is 0 Å². The molecule has 0 unspecified atom stereocenters. The van der Waals surface area contributed by atoms with E-state index in [4.69, 9.17) is 9.47 Å². The Labute approximate surface area is 210 Å². The highest BCUT2D eigenvalue weighted by Gasteiger charge is 2.41. The van der Waals surface area contributed by atoms with E-state index in [2.05, 4.69) is 5.32 Å². The summed E-state index contributed by atoms with van der Waals surface area (Å²) >= 11 is 0. The Morgan fingerprint density at radius 3 is 1.76 bits per heavy atom. The number of rotatable bonds is 9. The summed E-state index contributed by atoms with van der Waals surface area (Å²) in [6.45, 7) is 3.57. The molecule has 0 saturated heterocycles. The number of nitrogens with one attached hydrogen (secondary N) is 1. The number of amides is 1. The first kappa shape index (κ1) is 26.5. The number of carboxylic acid groups (broad SMARTS) is 1. The van der Waals surface area contributed by atoms with Crippen molar-refractivity contribution >= 4 is 35.2 Å². The number of nitrogens with zero attached hydrogens (tertiary/aromatic N) is 1. The topological polar surface area (TPSA) is 162 Å². The summed E-state index contributed by atoms with van der Waals surface area (Å²) in [6, 6.07) is 16.9. The van der Waals surface area contributed by atoms with Gasteiger partial charge in [0, 0.05) is 17.8 Å². The van der Waals surface area contributed by atoms with Gasteiger partial charge in [-0.25, -0.2) is 14.4 Å². The van der Waals surface area contributed by atoms with Crippen molar-refractivity contribution < 1.29 is 38.7 Å². The van der Waals surface area contributed by atoms with Gasteiger partial charge in [0.25, 0.3) is 11.6 Å². The predicted molar refractivity (Wildman–Crippen MR) is 130 cm³/mol. The van der Waals surface area contributed by atoms with Crippen LogP contribution in [0, 0.1) is 24.0 Å². The highest BCUT2D eigenvalue weighted by atomic mass is 16.6. The number of esters is 2. The molecule has 0 saturated carbocycles. The van der Waals surface area contributed by atoms with Crippen LogP contribution in [-0.2, 0) is 19.1 Å². The Morgan fingerprint density at radius 1 is 0.811 bits per heavy atom. The summed E-state index contributed by atoms with van der Waals surface area (Å²) in [7, 11) is 0. The lowest BCUT2D eigenvalue weighted by molar-refractivity contribution is -0.384. The number of carbonyl (C=O) groups excluding carboxylic acids is 3. The molecule has 2 N–H and O–H groups in total. The third-order valence-corrected chi connectivity index (χ3v) is 5.14. The van der Waals surface area contributed by atoms with Crippen LogP contribution >= 0.6 is 0 Å². The molecule has 3 aromatic carbocycles. The molecule has 11 nitrogen and oxygen atoms in total. The monoisotopic (exact) mass is 506 g/mol. The van der Waals surface area contributed by atoms with Gasteiger partial charge >= 0.3 is 17.9 Å². The molecule has 37 heavy (non-hydrogen) atoms. The Balaban J connectivity index is 1.92. The molecule has 0 aromatic heterocycles. The lowest BCUT2D eigenvalue weighted by atomic mass is 10.1. The summed E-state index contributed by atoms with van der Waals surface area (Å²) in [6.07, 6.45) is -4.37. The summed E-state index contributed by atoms with van der Waals surface area (Å²) in [5.74, 6) is -5.04. The quantitative estimate of drug-likeness (QED) is 0.250. The van der Waals surface area contributed by atoms with E-state index in [1.54, 1.807) is 38.1 Å². The van der Waals surface area contributed by atoms with Crippen LogP contribution in [0.15, 0.2) is 72.8 Å². The molecule has 3 rings (SSSR count). The van der Waals surface area contributed by atoms with Gasteiger partial charge in [0.05, 0.1) is 16.1 Å². The van der Waals surface area contributed by atoms with Crippen molar-refractivity contribution in [2.45, 2.75) is 26.1 Å². The number of ether oxygens (including phenoxy) is 2. The van der Waals surface area contributed by atoms with Crippen LogP contribution in [0.4, 0.5) is 11.4 Å². The van der Waals surface area contributed by atoms with Gasteiger partial charge in [0.2, 0.25) is 12.2 Å². The molecule has 0 bridgehead atoms. The highest BCUT2D eigenvalue weighted by molar-refractivity contribution is 6.01. The van der Waals surface area contributed by atoms with Gasteiger partial charge in [-0.3, -0.25) is 14.9 Å². The molecule has 1 amide bonds. The van der Waals surface area contributed by atoms with Gasteiger partial charge < -0.3 is 19.9 Å². The van der Waals surface area contributed by atoms with Crippen molar-refractivity contribution in [3.63, 3.8) is 0 Å². The van der Waals surface area contributed by atoms with Gasteiger partial charge in [0.1, 0.15) is 0 Å². The Bertz CT molecular complexity index is 1330. The van der Waals surface area contributed by atoms with Crippen molar-refractivity contribution in [1.82, 2.24) is 0 Å². The number of aliphatic carboxylic acids is 1. The maximum absolute atomic E-state index is 13.1. The number of nitro groups is 1. The molecule has 0 spiro atoms. The smallest absolute Gasteiger partial charge is 0.349 e. The van der Waals surface area contributed by atoms with Crippen LogP contribution in [0.5, 0.6) is 0 Å². The van der Waals surface area contributed by atoms with Crippen LogP contribution in [-0.4, -0.2) is 46.1 Å². The first-order valence-electron chi connectivity index (χ1n) is 10.9. The second kappa shape index (κ2) is 11.6. The summed E-state index contributed by atoms with van der Waals surface area (Å²) in [5, 5.41) is 23.1. The lowest BCUT2D eigenvalue weighted by Gasteiger charge is -2.23. The zero-order chi connectivity index (χ0) is 27.1. The summed E-state index contributed by atoms with van der Waals surface area (Å²) < 4.78 is 10.3. The van der Waals surface area contributed by atoms with Crippen LogP contribution < -0.4 is 5.32 Å². The molecule has 0 fully saturated rings. The minimum Gasteiger partial charge on any atom is -0.478 e. The minimum atomic E-state index is -2.23. The van der Waals surface area contributed by atoms with E-state index in [0.29, 0.717) is 0 Å². The number of hydrogen-bond donors (Lipinski definition) is 2. The van der Waals surface area contributed by atoms with E-state index in [1.165, 1.54) is 42.5 Å². The molecule has 0 aliphatic carbocycles. The SMILES string of the molecule is Cc1ccc(C(=O)O[C@H](C(=O)Nc2cccc([N+](=O)[O-])c2)[C@@H](OC(=O)c2ccc(C)cc2)C(=O)O)cc1. The molecule has 0 heterocycles. The van der Waals surface area contributed by atoms with Crippen molar-refractivity contribution in [2.75, 3.05) is 5.32 Å². The van der Waals surface area contributed by atoms with E-state index in [9.17, 15) is 34.4 Å². The fourth-order valence-electron chi connectivity index (χ4n) is 3.15. The lowest BCUT2D eigenvalue weighted by Crippen LogP contribution is -2.48. The third kappa shape index (κ3) is 6.98. The van der Waals surface area contributed by atoms with Gasteiger partial charge in [-0.1, -0.05) is 41.5 Å². The number of benzene rings is 3. The molecular formula is C26H22N2O9. The van der Waals surface area contributed by atoms with Gasteiger partial charge in [-0.15, -0.1) is 0 Å². The van der Waals surface area contributed by atoms with E-state index in [-0.39, 0.29) is 22.5 Å². The Morgan fingerprint density at radius 2 is 1.30 bits per heavy atom. The fourth-order valence-corrected chi connectivity index (χ4v) is 3.15. The van der Waals surface area contributed by atoms with Crippen LogP contribution in [0.25, 0.3) is 0 Å². The number of carboxylic acids is 1. The first-order valence-corrected chi connectivity index (χ1v) is 10.9. The van der Waals surface area contributed by atoms with Gasteiger partial charge in [-0.2, -0.15) is 0 Å². The summed E-state index contributed by atoms with van der Waals surface area (Å²) in [5.41, 5.74) is 1.31. The molecule has 0 radical (unpaired) electrons. The molecule has 2 atom stereocenters. The summed E-state index contributed by atoms with van der Waals surface area (Å²) in [4.78, 5) is 61.0. The number of aryl methyl sites for hydroxylation is 2. The predicted octanol–water partition coefficient (Wildman–Crippen LogP) is 3.69. The number of nitro benzene ring substituents is 1. The van der Waals surface area contributed by atoms with E-state index < -0.39 is 40.9 Å². The van der Waals surface area contributed by atoms with Crippen molar-refractivity contribution in [3.05, 3.63) is 105 Å². The molecule has 0 aliphatic rings. The first-order chi connectivity index (χ1) is 17.5. The van der Waals surface area contributed by atoms with E-state index >= 15 is 0 Å². The van der Waals surface area contributed by atoms with E-state index in [1.807, 2.05) is 0 Å². The molecule has 0 aliphatic heterocycles. The average molecular weight is 506 g/mol. The second-order valence-corrected chi connectivity index (χ2v) is 8.02. The number of carbonyl (C=O) groups is 4. The van der Waals surface area contributed by atoms with Gasteiger partial charge in [-0.05, 0) is 44.2 Å². The minimum absolute atomic E-state index is 0.0135.